The van der Waals surface area contributed by atoms with Gasteiger partial charge in [0.25, 0.3) is 5.56 Å². The first-order valence-electron chi connectivity index (χ1n) is 5.76. The number of fused-ring (bicyclic) bond motifs is 1. The largest absolute Gasteiger partial charge is 0.343 e. The minimum absolute atomic E-state index is 0.0954. The number of rotatable bonds is 4. The smallest absolute Gasteiger partial charge is 0.258 e. The molecule has 3 aromatic heterocycles. The third kappa shape index (κ3) is 2.50. The highest BCUT2D eigenvalue weighted by Gasteiger charge is 2.02. The van der Waals surface area contributed by atoms with Crippen LogP contribution in [0.2, 0.25) is 0 Å². The van der Waals surface area contributed by atoms with E-state index in [-0.39, 0.29) is 5.56 Å². The Morgan fingerprint density at radius 3 is 3.11 bits per heavy atom. The van der Waals surface area contributed by atoms with Crippen molar-refractivity contribution in [3.63, 3.8) is 0 Å². The van der Waals surface area contributed by atoms with Gasteiger partial charge >= 0.3 is 0 Å². The predicted molar refractivity (Wildman–Crippen MR) is 66.3 cm³/mol. The molecule has 96 valence electrons. The fourth-order valence-electron chi connectivity index (χ4n) is 1.77. The highest BCUT2D eigenvalue weighted by Crippen LogP contribution is 1.98. The van der Waals surface area contributed by atoms with E-state index in [2.05, 4.69) is 25.0 Å². The number of pyridine rings is 1. The van der Waals surface area contributed by atoms with Crippen LogP contribution >= 0.6 is 0 Å². The van der Waals surface area contributed by atoms with E-state index >= 15 is 0 Å². The van der Waals surface area contributed by atoms with Gasteiger partial charge in [0, 0.05) is 18.8 Å². The van der Waals surface area contributed by atoms with E-state index < -0.39 is 0 Å². The van der Waals surface area contributed by atoms with Gasteiger partial charge in [0.2, 0.25) is 6.39 Å². The zero-order valence-electron chi connectivity index (χ0n) is 9.98. The van der Waals surface area contributed by atoms with E-state index in [4.69, 9.17) is 0 Å². The molecule has 0 radical (unpaired) electrons. The molecule has 0 spiro atoms. The van der Waals surface area contributed by atoms with Crippen LogP contribution in [0.3, 0.4) is 0 Å². The molecule has 0 amide bonds. The van der Waals surface area contributed by atoms with Gasteiger partial charge in [-0.15, -0.1) is 0 Å². The summed E-state index contributed by atoms with van der Waals surface area (Å²) < 4.78 is 6.13. The highest BCUT2D eigenvalue weighted by atomic mass is 16.5. The van der Waals surface area contributed by atoms with Crippen LogP contribution in [0.4, 0.5) is 0 Å². The molecule has 3 heterocycles. The quantitative estimate of drug-likeness (QED) is 0.726. The summed E-state index contributed by atoms with van der Waals surface area (Å²) >= 11 is 0. The molecule has 0 atom stereocenters. The zero-order chi connectivity index (χ0) is 13.1. The molecule has 0 aliphatic heterocycles. The normalized spacial score (nSPS) is 10.9. The van der Waals surface area contributed by atoms with Crippen LogP contribution < -0.4 is 10.9 Å². The first-order chi connectivity index (χ1) is 9.33. The second-order valence-corrected chi connectivity index (χ2v) is 3.97. The summed E-state index contributed by atoms with van der Waals surface area (Å²) in [5.41, 5.74) is 1.22. The molecule has 7 heteroatoms. The third-order valence-corrected chi connectivity index (χ3v) is 2.62. The van der Waals surface area contributed by atoms with Crippen molar-refractivity contribution in [2.24, 2.45) is 0 Å². The standard InChI is InChI=1S/C12H11N5O2/c18-12-5-9(6-13-7-10-14-8-19-16-10)15-11-3-1-2-4-17(11)12/h1-5,8,13H,6-7H2. The Bertz CT molecular complexity index is 735. The van der Waals surface area contributed by atoms with Crippen molar-refractivity contribution in [2.45, 2.75) is 13.1 Å². The van der Waals surface area contributed by atoms with E-state index in [0.717, 1.165) is 0 Å². The lowest BCUT2D eigenvalue weighted by Gasteiger charge is -2.04. The summed E-state index contributed by atoms with van der Waals surface area (Å²) in [7, 11) is 0. The van der Waals surface area contributed by atoms with Crippen molar-refractivity contribution in [3.8, 4) is 0 Å². The Morgan fingerprint density at radius 1 is 1.32 bits per heavy atom. The summed E-state index contributed by atoms with van der Waals surface area (Å²) in [6.07, 6.45) is 2.97. The van der Waals surface area contributed by atoms with Crippen molar-refractivity contribution >= 4 is 5.65 Å². The fraction of sp³-hybridized carbons (Fsp3) is 0.167. The topological polar surface area (TPSA) is 85.3 Å². The third-order valence-electron chi connectivity index (χ3n) is 2.62. The van der Waals surface area contributed by atoms with Gasteiger partial charge < -0.3 is 9.84 Å². The molecule has 0 aromatic carbocycles. The van der Waals surface area contributed by atoms with Crippen molar-refractivity contribution in [3.05, 3.63) is 58.7 Å². The Hall–Kier alpha value is -2.54. The number of nitrogens with one attached hydrogen (secondary N) is 1. The van der Waals surface area contributed by atoms with Gasteiger partial charge in [-0.25, -0.2) is 4.98 Å². The number of hydrogen-bond donors (Lipinski definition) is 1. The van der Waals surface area contributed by atoms with Gasteiger partial charge in [0.05, 0.1) is 12.2 Å². The first-order valence-corrected chi connectivity index (χ1v) is 5.76. The molecule has 0 fully saturated rings. The Labute approximate surface area is 107 Å². The van der Waals surface area contributed by atoms with Gasteiger partial charge in [0.15, 0.2) is 5.82 Å². The van der Waals surface area contributed by atoms with Gasteiger partial charge in [-0.3, -0.25) is 9.20 Å². The molecule has 0 saturated heterocycles. The van der Waals surface area contributed by atoms with Crippen molar-refractivity contribution in [1.29, 1.82) is 0 Å². The first kappa shape index (κ1) is 11.5. The highest BCUT2D eigenvalue weighted by molar-refractivity contribution is 5.37. The molecule has 0 bridgehead atoms. The van der Waals surface area contributed by atoms with Crippen molar-refractivity contribution in [2.75, 3.05) is 0 Å². The summed E-state index contributed by atoms with van der Waals surface area (Å²) in [6, 6.07) is 6.95. The van der Waals surface area contributed by atoms with E-state index in [9.17, 15) is 4.79 Å². The van der Waals surface area contributed by atoms with E-state index in [0.29, 0.717) is 30.3 Å². The van der Waals surface area contributed by atoms with Crippen LogP contribution in [0, 0.1) is 0 Å². The molecule has 0 saturated carbocycles. The van der Waals surface area contributed by atoms with Crippen LogP contribution in [0.25, 0.3) is 5.65 Å². The molecule has 0 aliphatic carbocycles. The van der Waals surface area contributed by atoms with Crippen LogP contribution in [0.5, 0.6) is 0 Å². The number of nitrogens with zero attached hydrogens (tertiary/aromatic N) is 4. The Balaban J connectivity index is 1.76. The van der Waals surface area contributed by atoms with Crippen LogP contribution in [0.15, 0.2) is 46.2 Å². The molecular formula is C12H11N5O2. The lowest BCUT2D eigenvalue weighted by Crippen LogP contribution is -2.20. The minimum atomic E-state index is -0.0954. The molecule has 0 aliphatic rings. The van der Waals surface area contributed by atoms with E-state index in [1.807, 2.05) is 6.07 Å². The summed E-state index contributed by atoms with van der Waals surface area (Å²) in [4.78, 5) is 20.1. The minimum Gasteiger partial charge on any atom is -0.343 e. The molecule has 0 unspecified atom stereocenters. The fourth-order valence-corrected chi connectivity index (χ4v) is 1.77. The SMILES string of the molecule is O=c1cc(CNCc2ncon2)nc2ccccn12. The maximum absolute atomic E-state index is 11.8. The molecule has 3 aromatic rings. The molecule has 3 rings (SSSR count). The number of hydrogen-bond acceptors (Lipinski definition) is 6. The summed E-state index contributed by atoms with van der Waals surface area (Å²) in [6.45, 7) is 0.932. The maximum Gasteiger partial charge on any atom is 0.258 e. The Morgan fingerprint density at radius 2 is 2.26 bits per heavy atom. The zero-order valence-corrected chi connectivity index (χ0v) is 9.98. The van der Waals surface area contributed by atoms with Gasteiger partial charge in [-0.05, 0) is 12.1 Å². The lowest BCUT2D eigenvalue weighted by atomic mass is 10.3. The van der Waals surface area contributed by atoms with Crippen LogP contribution in [-0.2, 0) is 13.1 Å². The van der Waals surface area contributed by atoms with Gasteiger partial charge in [-0.2, -0.15) is 4.98 Å². The monoisotopic (exact) mass is 257 g/mol. The van der Waals surface area contributed by atoms with Crippen molar-refractivity contribution in [1.82, 2.24) is 24.8 Å². The molecule has 7 nitrogen and oxygen atoms in total. The Kier molecular flexibility index (Phi) is 3.03. The van der Waals surface area contributed by atoms with E-state index in [1.165, 1.54) is 16.9 Å². The second kappa shape index (κ2) is 4.99. The summed E-state index contributed by atoms with van der Waals surface area (Å²) in [5.74, 6) is 0.567. The van der Waals surface area contributed by atoms with Crippen LogP contribution in [-0.4, -0.2) is 19.5 Å². The lowest BCUT2D eigenvalue weighted by molar-refractivity contribution is 0.407. The number of aromatic nitrogens is 4. The maximum atomic E-state index is 11.8. The molecular weight excluding hydrogens is 246 g/mol. The second-order valence-electron chi connectivity index (χ2n) is 3.97. The van der Waals surface area contributed by atoms with Crippen LogP contribution in [0.1, 0.15) is 11.5 Å². The average molecular weight is 257 g/mol. The molecule has 1 N–H and O–H groups in total. The van der Waals surface area contributed by atoms with Gasteiger partial charge in [0.1, 0.15) is 5.65 Å². The summed E-state index contributed by atoms with van der Waals surface area (Å²) in [5, 5.41) is 6.78. The van der Waals surface area contributed by atoms with E-state index in [1.54, 1.807) is 18.3 Å². The average Bonchev–Trinajstić information content (AvgIpc) is 2.92. The van der Waals surface area contributed by atoms with Crippen molar-refractivity contribution < 1.29 is 4.52 Å². The predicted octanol–water partition coefficient (Wildman–Crippen LogP) is 0.367. The van der Waals surface area contributed by atoms with Gasteiger partial charge in [-0.1, -0.05) is 11.2 Å². The molecule has 19 heavy (non-hydrogen) atoms.